The van der Waals surface area contributed by atoms with E-state index in [1.165, 1.54) is 4.90 Å². The van der Waals surface area contributed by atoms with Crippen LogP contribution in [0, 0.1) is 0 Å². The summed E-state index contributed by atoms with van der Waals surface area (Å²) in [4.78, 5) is 27.2. The Balaban J connectivity index is 1.47. The lowest BCUT2D eigenvalue weighted by atomic mass is 9.76. The molecule has 3 amide bonds. The number of fused-ring (bicyclic) bond motifs is 3. The summed E-state index contributed by atoms with van der Waals surface area (Å²) in [5.41, 5.74) is 1.97. The number of imide groups is 1. The quantitative estimate of drug-likeness (QED) is 0.846. The van der Waals surface area contributed by atoms with Gasteiger partial charge in [-0.25, -0.2) is 4.79 Å². The van der Waals surface area contributed by atoms with Crippen molar-refractivity contribution in [2.45, 2.75) is 31.3 Å². The third kappa shape index (κ3) is 2.11. The second-order valence-corrected chi connectivity index (χ2v) is 6.93. The number of amides is 3. The molecule has 2 aliphatic heterocycles. The lowest BCUT2D eigenvalue weighted by Crippen LogP contribution is -2.46. The number of carbonyl (C=O) groups is 2. The first-order valence-electron chi connectivity index (χ1n) is 8.78. The molecule has 132 valence electrons. The fourth-order valence-corrected chi connectivity index (χ4v) is 4.18. The highest BCUT2D eigenvalue weighted by Gasteiger charge is 2.53. The summed E-state index contributed by atoms with van der Waals surface area (Å²) in [5, 5.41) is 2.98. The summed E-state index contributed by atoms with van der Waals surface area (Å²) in [7, 11) is 0. The third-order valence-electron chi connectivity index (χ3n) is 5.43. The van der Waals surface area contributed by atoms with Crippen molar-refractivity contribution in [1.82, 2.24) is 10.2 Å². The van der Waals surface area contributed by atoms with Gasteiger partial charge in [0.25, 0.3) is 5.91 Å². The summed E-state index contributed by atoms with van der Waals surface area (Å²) in [5.74, 6) is 1.16. The summed E-state index contributed by atoms with van der Waals surface area (Å²) in [6, 6.07) is 13.0. The first-order chi connectivity index (χ1) is 12.7. The molecular formula is C20H18N2O4. The average molecular weight is 350 g/mol. The van der Waals surface area contributed by atoms with E-state index in [2.05, 4.69) is 5.32 Å². The Labute approximate surface area is 150 Å². The van der Waals surface area contributed by atoms with Crippen molar-refractivity contribution in [3.8, 4) is 11.5 Å². The van der Waals surface area contributed by atoms with Gasteiger partial charge in [0.2, 0.25) is 6.79 Å². The van der Waals surface area contributed by atoms with Crippen LogP contribution in [0.25, 0.3) is 0 Å². The molecule has 2 aromatic carbocycles. The van der Waals surface area contributed by atoms with Crippen LogP contribution in [0.5, 0.6) is 11.5 Å². The zero-order chi connectivity index (χ0) is 17.7. The number of rotatable bonds is 2. The van der Waals surface area contributed by atoms with Gasteiger partial charge >= 0.3 is 6.03 Å². The Hall–Kier alpha value is -3.02. The first kappa shape index (κ1) is 15.3. The van der Waals surface area contributed by atoms with E-state index in [9.17, 15) is 9.59 Å². The monoisotopic (exact) mass is 350 g/mol. The summed E-state index contributed by atoms with van der Waals surface area (Å²) in [6.45, 7) is 0.410. The maximum atomic E-state index is 13.3. The van der Waals surface area contributed by atoms with Crippen molar-refractivity contribution < 1.29 is 19.1 Å². The van der Waals surface area contributed by atoms with Crippen LogP contribution in [0.1, 0.15) is 29.5 Å². The highest BCUT2D eigenvalue weighted by atomic mass is 16.7. The lowest BCUT2D eigenvalue weighted by molar-refractivity contribution is -0.132. The molecule has 0 radical (unpaired) electrons. The average Bonchev–Trinajstić information content (AvgIpc) is 3.21. The van der Waals surface area contributed by atoms with Gasteiger partial charge in [-0.2, -0.15) is 0 Å². The van der Waals surface area contributed by atoms with Crippen molar-refractivity contribution >= 4 is 11.9 Å². The standard InChI is InChI=1S/C20H18N2O4/c23-18-20(9-3-5-14-4-1-2-6-15(14)20)21-19(24)22(18)11-13-7-8-16-17(10-13)26-12-25-16/h1-2,4,6-8,10H,3,5,9,11-12H2,(H,21,24)/t20-/m1/s1. The van der Waals surface area contributed by atoms with Crippen molar-refractivity contribution in [3.05, 3.63) is 59.2 Å². The molecule has 1 aliphatic carbocycles. The van der Waals surface area contributed by atoms with E-state index in [1.54, 1.807) is 0 Å². The third-order valence-corrected chi connectivity index (χ3v) is 5.43. The number of aryl methyl sites for hydroxylation is 1. The maximum Gasteiger partial charge on any atom is 0.325 e. The van der Waals surface area contributed by atoms with E-state index in [4.69, 9.17) is 9.47 Å². The molecule has 26 heavy (non-hydrogen) atoms. The van der Waals surface area contributed by atoms with E-state index in [1.807, 2.05) is 42.5 Å². The highest BCUT2D eigenvalue weighted by molar-refractivity contribution is 6.07. The molecular weight excluding hydrogens is 332 g/mol. The van der Waals surface area contributed by atoms with Gasteiger partial charge in [0.05, 0.1) is 6.54 Å². The molecule has 6 nitrogen and oxygen atoms in total. The minimum absolute atomic E-state index is 0.174. The number of carbonyl (C=O) groups excluding carboxylic acids is 2. The predicted molar refractivity (Wildman–Crippen MR) is 92.7 cm³/mol. The molecule has 1 saturated heterocycles. The van der Waals surface area contributed by atoms with E-state index in [0.717, 1.165) is 29.5 Å². The highest BCUT2D eigenvalue weighted by Crippen LogP contribution is 2.40. The van der Waals surface area contributed by atoms with Gasteiger partial charge in [-0.1, -0.05) is 30.3 Å². The zero-order valence-corrected chi connectivity index (χ0v) is 14.2. The second-order valence-electron chi connectivity index (χ2n) is 6.93. The lowest BCUT2D eigenvalue weighted by Gasteiger charge is -2.33. The van der Waals surface area contributed by atoms with Gasteiger partial charge in [-0.3, -0.25) is 9.69 Å². The van der Waals surface area contributed by atoms with Crippen molar-refractivity contribution in [2.24, 2.45) is 0 Å². The van der Waals surface area contributed by atoms with E-state index < -0.39 is 5.54 Å². The molecule has 3 aliphatic rings. The fraction of sp³-hybridized carbons (Fsp3) is 0.300. The molecule has 6 heteroatoms. The Morgan fingerprint density at radius 1 is 1.08 bits per heavy atom. The molecule has 1 atom stereocenters. The van der Waals surface area contributed by atoms with Crippen LogP contribution in [0.4, 0.5) is 4.79 Å². The number of ether oxygens (including phenoxy) is 2. The van der Waals surface area contributed by atoms with Crippen LogP contribution in [0.2, 0.25) is 0 Å². The topological polar surface area (TPSA) is 67.9 Å². The first-order valence-corrected chi connectivity index (χ1v) is 8.78. The minimum atomic E-state index is -0.928. The number of nitrogens with one attached hydrogen (secondary N) is 1. The normalized spacial score (nSPS) is 23.3. The van der Waals surface area contributed by atoms with Gasteiger partial charge in [0.1, 0.15) is 5.54 Å². The molecule has 2 aromatic rings. The smallest absolute Gasteiger partial charge is 0.325 e. The molecule has 0 bridgehead atoms. The SMILES string of the molecule is O=C1N[C@@]2(CCCc3ccccc32)C(=O)N1Cc1ccc2c(c1)OCO2. The number of benzene rings is 2. The summed E-state index contributed by atoms with van der Waals surface area (Å²) < 4.78 is 10.7. The molecule has 0 unspecified atom stereocenters. The maximum absolute atomic E-state index is 13.3. The van der Waals surface area contributed by atoms with Gasteiger partial charge in [0.15, 0.2) is 11.5 Å². The summed E-state index contributed by atoms with van der Waals surface area (Å²) >= 11 is 0. The molecule has 0 aromatic heterocycles. The second kappa shape index (κ2) is 5.49. The Kier molecular flexibility index (Phi) is 3.22. The summed E-state index contributed by atoms with van der Waals surface area (Å²) in [6.07, 6.45) is 2.44. The Morgan fingerprint density at radius 2 is 1.92 bits per heavy atom. The molecule has 1 fully saturated rings. The van der Waals surface area contributed by atoms with Crippen LogP contribution < -0.4 is 14.8 Å². The number of urea groups is 1. The van der Waals surface area contributed by atoms with Crippen LogP contribution in [-0.2, 0) is 23.3 Å². The molecule has 5 rings (SSSR count). The predicted octanol–water partition coefficient (Wildman–Crippen LogP) is 2.70. The minimum Gasteiger partial charge on any atom is -0.454 e. The molecule has 1 N–H and O–H groups in total. The van der Waals surface area contributed by atoms with Crippen LogP contribution in [0.3, 0.4) is 0 Å². The van der Waals surface area contributed by atoms with Crippen molar-refractivity contribution in [2.75, 3.05) is 6.79 Å². The fourth-order valence-electron chi connectivity index (χ4n) is 4.18. The van der Waals surface area contributed by atoms with Gasteiger partial charge < -0.3 is 14.8 Å². The van der Waals surface area contributed by atoms with Crippen LogP contribution in [-0.4, -0.2) is 23.6 Å². The van der Waals surface area contributed by atoms with Crippen molar-refractivity contribution in [3.63, 3.8) is 0 Å². The Morgan fingerprint density at radius 3 is 2.85 bits per heavy atom. The van der Waals surface area contributed by atoms with E-state index in [-0.39, 0.29) is 25.3 Å². The van der Waals surface area contributed by atoms with Gasteiger partial charge in [-0.15, -0.1) is 0 Å². The van der Waals surface area contributed by atoms with Crippen LogP contribution in [0.15, 0.2) is 42.5 Å². The van der Waals surface area contributed by atoms with Crippen LogP contribution >= 0.6 is 0 Å². The van der Waals surface area contributed by atoms with E-state index >= 15 is 0 Å². The number of nitrogens with zero attached hydrogens (tertiary/aromatic N) is 1. The van der Waals surface area contributed by atoms with Gasteiger partial charge in [0, 0.05) is 0 Å². The number of hydrogen-bond acceptors (Lipinski definition) is 4. The van der Waals surface area contributed by atoms with E-state index in [0.29, 0.717) is 17.9 Å². The zero-order valence-electron chi connectivity index (χ0n) is 14.2. The molecule has 2 heterocycles. The molecule has 1 spiro atoms. The molecule has 0 saturated carbocycles. The largest absolute Gasteiger partial charge is 0.454 e. The number of hydrogen-bond donors (Lipinski definition) is 1. The Bertz CT molecular complexity index is 926. The van der Waals surface area contributed by atoms with Crippen molar-refractivity contribution in [1.29, 1.82) is 0 Å². The van der Waals surface area contributed by atoms with Gasteiger partial charge in [-0.05, 0) is 48.1 Å².